The maximum atomic E-state index is 12.6. The molecule has 3 rings (SSSR count). The first kappa shape index (κ1) is 21.8. The third-order valence-corrected chi connectivity index (χ3v) is 4.66. The molecule has 0 aliphatic carbocycles. The van der Waals surface area contributed by atoms with Crippen LogP contribution in [0, 0.1) is 6.92 Å². The van der Waals surface area contributed by atoms with Crippen LogP contribution < -0.4 is 20.1 Å². The molecule has 0 unspecified atom stereocenters. The summed E-state index contributed by atoms with van der Waals surface area (Å²) in [5.74, 6) is 1.72. The second kappa shape index (κ2) is 10.2. The highest BCUT2D eigenvalue weighted by Crippen LogP contribution is 2.28. The zero-order chi connectivity index (χ0) is 22.2. The minimum atomic E-state index is -0.223. The molecule has 160 valence electrons. The number of ether oxygens (including phenoxy) is 2. The van der Waals surface area contributed by atoms with Crippen molar-refractivity contribution in [3.8, 4) is 11.5 Å². The van der Waals surface area contributed by atoms with Crippen LogP contribution in [-0.4, -0.2) is 30.1 Å². The quantitative estimate of drug-likeness (QED) is 0.513. The van der Waals surface area contributed by atoms with E-state index in [-0.39, 0.29) is 5.91 Å². The van der Waals surface area contributed by atoms with Gasteiger partial charge in [-0.05, 0) is 54.8 Å². The first-order valence-electron chi connectivity index (χ1n) is 9.92. The van der Waals surface area contributed by atoms with Gasteiger partial charge < -0.3 is 20.1 Å². The normalized spacial score (nSPS) is 10.7. The van der Waals surface area contributed by atoms with Crippen molar-refractivity contribution in [1.82, 2.24) is 9.97 Å². The molecule has 1 aromatic heterocycles. The van der Waals surface area contributed by atoms with E-state index in [0.717, 1.165) is 34.6 Å². The Bertz CT molecular complexity index is 1100. The molecule has 0 aliphatic rings. The van der Waals surface area contributed by atoms with E-state index >= 15 is 0 Å². The van der Waals surface area contributed by atoms with Crippen LogP contribution in [-0.2, 0) is 11.2 Å². The third-order valence-electron chi connectivity index (χ3n) is 4.66. The molecule has 0 fully saturated rings. The number of benzene rings is 2. The van der Waals surface area contributed by atoms with Crippen molar-refractivity contribution in [3.05, 3.63) is 71.7 Å². The van der Waals surface area contributed by atoms with Gasteiger partial charge in [-0.3, -0.25) is 4.79 Å². The molecule has 0 bridgehead atoms. The van der Waals surface area contributed by atoms with Crippen LogP contribution in [0.2, 0.25) is 0 Å². The van der Waals surface area contributed by atoms with Gasteiger partial charge in [-0.15, -0.1) is 0 Å². The van der Waals surface area contributed by atoms with Crippen LogP contribution in [0.15, 0.2) is 54.9 Å². The molecule has 0 saturated carbocycles. The van der Waals surface area contributed by atoms with Gasteiger partial charge in [0.1, 0.15) is 12.1 Å². The second-order valence-electron chi connectivity index (χ2n) is 6.83. The lowest BCUT2D eigenvalue weighted by Crippen LogP contribution is -2.10. The minimum Gasteiger partial charge on any atom is -0.493 e. The Balaban J connectivity index is 1.74. The molecule has 0 aliphatic heterocycles. The Kier molecular flexibility index (Phi) is 7.22. The minimum absolute atomic E-state index is 0.223. The number of anilines is 3. The van der Waals surface area contributed by atoms with E-state index in [2.05, 4.69) is 20.6 Å². The van der Waals surface area contributed by atoms with Crippen molar-refractivity contribution in [1.29, 1.82) is 0 Å². The van der Waals surface area contributed by atoms with Crippen molar-refractivity contribution in [2.45, 2.75) is 20.3 Å². The van der Waals surface area contributed by atoms with Crippen molar-refractivity contribution >= 4 is 29.2 Å². The Morgan fingerprint density at radius 1 is 1.03 bits per heavy atom. The Morgan fingerprint density at radius 3 is 2.55 bits per heavy atom. The average Bonchev–Trinajstić information content (AvgIpc) is 2.77. The van der Waals surface area contributed by atoms with Gasteiger partial charge in [-0.2, -0.15) is 0 Å². The van der Waals surface area contributed by atoms with Gasteiger partial charge in [0, 0.05) is 29.2 Å². The van der Waals surface area contributed by atoms with E-state index in [4.69, 9.17) is 9.47 Å². The number of carbonyl (C=O) groups excluding carboxylic acids is 1. The highest BCUT2D eigenvalue weighted by Gasteiger charge is 2.07. The fourth-order valence-corrected chi connectivity index (χ4v) is 3.05. The maximum absolute atomic E-state index is 12.6. The largest absolute Gasteiger partial charge is 0.493 e. The van der Waals surface area contributed by atoms with Crippen LogP contribution in [0.5, 0.6) is 11.5 Å². The zero-order valence-electron chi connectivity index (χ0n) is 18.1. The van der Waals surface area contributed by atoms with Crippen molar-refractivity contribution in [3.63, 3.8) is 0 Å². The van der Waals surface area contributed by atoms with Crippen LogP contribution in [0.25, 0.3) is 6.08 Å². The van der Waals surface area contributed by atoms with Crippen LogP contribution in [0.1, 0.15) is 23.7 Å². The zero-order valence-corrected chi connectivity index (χ0v) is 18.1. The number of aryl methyl sites for hydroxylation is 2. The lowest BCUT2D eigenvalue weighted by atomic mass is 10.1. The highest BCUT2D eigenvalue weighted by molar-refractivity contribution is 6.02. The fourth-order valence-electron chi connectivity index (χ4n) is 3.05. The fraction of sp³-hybridized carbons (Fsp3) is 0.208. The summed E-state index contributed by atoms with van der Waals surface area (Å²) in [5, 5.41) is 6.21. The van der Waals surface area contributed by atoms with Crippen molar-refractivity contribution in [2.24, 2.45) is 0 Å². The van der Waals surface area contributed by atoms with Gasteiger partial charge in [-0.25, -0.2) is 9.97 Å². The number of nitrogens with zero attached hydrogens (tertiary/aromatic N) is 2. The van der Waals surface area contributed by atoms with E-state index in [1.165, 1.54) is 12.4 Å². The highest BCUT2D eigenvalue weighted by atomic mass is 16.5. The summed E-state index contributed by atoms with van der Waals surface area (Å²) < 4.78 is 10.5. The predicted molar refractivity (Wildman–Crippen MR) is 123 cm³/mol. The number of hydrogen-bond acceptors (Lipinski definition) is 6. The molecule has 0 atom stereocenters. The third kappa shape index (κ3) is 5.82. The van der Waals surface area contributed by atoms with Gasteiger partial charge >= 0.3 is 0 Å². The number of methoxy groups -OCH3 is 2. The van der Waals surface area contributed by atoms with Crippen LogP contribution in [0.3, 0.4) is 0 Å². The van der Waals surface area contributed by atoms with Crippen LogP contribution >= 0.6 is 0 Å². The van der Waals surface area contributed by atoms with E-state index in [9.17, 15) is 4.79 Å². The first-order valence-corrected chi connectivity index (χ1v) is 9.92. The summed E-state index contributed by atoms with van der Waals surface area (Å²) in [5.41, 5.74) is 4.32. The summed E-state index contributed by atoms with van der Waals surface area (Å²) in [4.78, 5) is 20.9. The number of nitrogens with one attached hydrogen (secondary N) is 2. The Labute approximate surface area is 182 Å². The Hall–Kier alpha value is -3.87. The van der Waals surface area contributed by atoms with E-state index in [1.807, 2.05) is 50.2 Å². The lowest BCUT2D eigenvalue weighted by Gasteiger charge is -2.12. The topological polar surface area (TPSA) is 85.4 Å². The van der Waals surface area contributed by atoms with Gasteiger partial charge in [0.2, 0.25) is 5.91 Å². The van der Waals surface area contributed by atoms with Gasteiger partial charge in [0.05, 0.1) is 14.2 Å². The smallest absolute Gasteiger partial charge is 0.248 e. The summed E-state index contributed by atoms with van der Waals surface area (Å²) in [6.45, 7) is 3.95. The van der Waals surface area contributed by atoms with Gasteiger partial charge in [0.15, 0.2) is 11.5 Å². The summed E-state index contributed by atoms with van der Waals surface area (Å²) in [7, 11) is 3.16. The summed E-state index contributed by atoms with van der Waals surface area (Å²) in [6, 6.07) is 13.2. The molecular formula is C24H26N4O3. The van der Waals surface area contributed by atoms with Gasteiger partial charge in [-0.1, -0.05) is 19.1 Å². The number of rotatable bonds is 8. The van der Waals surface area contributed by atoms with E-state index in [1.54, 1.807) is 26.4 Å². The number of carbonyl (C=O) groups is 1. The molecule has 2 N–H and O–H groups in total. The standard InChI is InChI=1S/C24H26N4O3/c1-5-18-8-9-19(27-23-12-16(2)25-15-26-23)14-20(18)28-24(29)11-7-17-6-10-21(30-3)22(13-17)31-4/h6-15H,5H2,1-4H3,(H,28,29)(H,25,26,27)/b11-7+. The summed E-state index contributed by atoms with van der Waals surface area (Å²) >= 11 is 0. The second-order valence-corrected chi connectivity index (χ2v) is 6.83. The maximum Gasteiger partial charge on any atom is 0.248 e. The van der Waals surface area contributed by atoms with E-state index in [0.29, 0.717) is 17.3 Å². The molecule has 7 nitrogen and oxygen atoms in total. The molecule has 0 radical (unpaired) electrons. The molecule has 1 heterocycles. The molecule has 7 heteroatoms. The molecule has 0 saturated heterocycles. The molecule has 0 spiro atoms. The molecule has 3 aromatic rings. The predicted octanol–water partition coefficient (Wildman–Crippen LogP) is 4.76. The lowest BCUT2D eigenvalue weighted by molar-refractivity contribution is -0.111. The Morgan fingerprint density at radius 2 is 1.84 bits per heavy atom. The molecule has 2 aromatic carbocycles. The van der Waals surface area contributed by atoms with E-state index < -0.39 is 0 Å². The molecule has 31 heavy (non-hydrogen) atoms. The van der Waals surface area contributed by atoms with Crippen LogP contribution in [0.4, 0.5) is 17.2 Å². The monoisotopic (exact) mass is 418 g/mol. The number of hydrogen-bond donors (Lipinski definition) is 2. The molecular weight excluding hydrogens is 392 g/mol. The number of aromatic nitrogens is 2. The summed E-state index contributed by atoms with van der Waals surface area (Å²) in [6.07, 6.45) is 5.53. The van der Waals surface area contributed by atoms with Crippen molar-refractivity contribution < 1.29 is 14.3 Å². The van der Waals surface area contributed by atoms with Gasteiger partial charge in [0.25, 0.3) is 0 Å². The first-order chi connectivity index (χ1) is 15.0. The molecule has 1 amide bonds. The average molecular weight is 418 g/mol. The van der Waals surface area contributed by atoms with Crippen molar-refractivity contribution in [2.75, 3.05) is 24.9 Å². The number of amides is 1. The SMILES string of the molecule is CCc1ccc(Nc2cc(C)ncn2)cc1NC(=O)/C=C/c1ccc(OC)c(OC)c1.